The van der Waals surface area contributed by atoms with Gasteiger partial charge in [-0.15, -0.1) is 0 Å². The molecular formula is C11H10ClN. The van der Waals surface area contributed by atoms with Gasteiger partial charge in [-0.25, -0.2) is 4.98 Å². The van der Waals surface area contributed by atoms with Gasteiger partial charge in [-0.1, -0.05) is 24.6 Å². The molecule has 2 aromatic rings. The summed E-state index contributed by atoms with van der Waals surface area (Å²) in [7, 11) is 0. The van der Waals surface area contributed by atoms with Crippen LogP contribution in [-0.2, 0) is 6.42 Å². The van der Waals surface area contributed by atoms with E-state index < -0.39 is 0 Å². The maximum Gasteiger partial charge on any atom is 0.129 e. The number of nitrogens with zero attached hydrogens (tertiary/aromatic N) is 1. The molecule has 0 saturated carbocycles. The molecule has 0 spiro atoms. The second-order valence-corrected chi connectivity index (χ2v) is 3.40. The fraction of sp³-hybridized carbons (Fsp3) is 0.182. The molecule has 2 heteroatoms. The molecular weight excluding hydrogens is 182 g/mol. The minimum atomic E-state index is 0.553. The van der Waals surface area contributed by atoms with E-state index in [1.54, 1.807) is 0 Å². The molecule has 13 heavy (non-hydrogen) atoms. The average molecular weight is 192 g/mol. The van der Waals surface area contributed by atoms with Crippen LogP contribution in [0.2, 0.25) is 5.15 Å². The van der Waals surface area contributed by atoms with Gasteiger partial charge in [0.1, 0.15) is 5.15 Å². The van der Waals surface area contributed by atoms with Crippen LogP contribution in [0.1, 0.15) is 12.5 Å². The summed E-state index contributed by atoms with van der Waals surface area (Å²) in [6.45, 7) is 2.14. The minimum Gasteiger partial charge on any atom is -0.236 e. The monoisotopic (exact) mass is 191 g/mol. The van der Waals surface area contributed by atoms with Crippen LogP contribution < -0.4 is 0 Å². The zero-order chi connectivity index (χ0) is 9.26. The Morgan fingerprint density at radius 1 is 1.23 bits per heavy atom. The van der Waals surface area contributed by atoms with Crippen LogP contribution in [-0.4, -0.2) is 4.98 Å². The maximum atomic E-state index is 5.78. The van der Waals surface area contributed by atoms with Gasteiger partial charge < -0.3 is 0 Å². The molecule has 1 aromatic heterocycles. The first-order valence-corrected chi connectivity index (χ1v) is 4.72. The largest absolute Gasteiger partial charge is 0.236 e. The SMILES string of the molecule is CCc1ccc2nc(Cl)ccc2c1. The van der Waals surface area contributed by atoms with Crippen LogP contribution in [0.15, 0.2) is 30.3 Å². The molecule has 0 bridgehead atoms. The van der Waals surface area contributed by atoms with Crippen molar-refractivity contribution in [3.8, 4) is 0 Å². The Morgan fingerprint density at radius 3 is 2.85 bits per heavy atom. The number of hydrogen-bond acceptors (Lipinski definition) is 1. The van der Waals surface area contributed by atoms with Crippen molar-refractivity contribution in [2.24, 2.45) is 0 Å². The van der Waals surface area contributed by atoms with Crippen molar-refractivity contribution >= 4 is 22.5 Å². The highest BCUT2D eigenvalue weighted by Gasteiger charge is 1.96. The third-order valence-electron chi connectivity index (χ3n) is 2.13. The van der Waals surface area contributed by atoms with Gasteiger partial charge in [-0.05, 0) is 36.2 Å². The summed E-state index contributed by atoms with van der Waals surface area (Å²) in [5, 5.41) is 1.71. The average Bonchev–Trinajstić information content (AvgIpc) is 2.17. The fourth-order valence-electron chi connectivity index (χ4n) is 1.37. The van der Waals surface area contributed by atoms with Gasteiger partial charge in [-0.2, -0.15) is 0 Å². The standard InChI is InChI=1S/C11H10ClN/c1-2-8-3-5-10-9(7-8)4-6-11(12)13-10/h3-7H,2H2,1H3. The van der Waals surface area contributed by atoms with Gasteiger partial charge in [0.25, 0.3) is 0 Å². The summed E-state index contributed by atoms with van der Waals surface area (Å²) in [4.78, 5) is 4.22. The minimum absolute atomic E-state index is 0.553. The lowest BCUT2D eigenvalue weighted by molar-refractivity contribution is 1.14. The van der Waals surface area contributed by atoms with Crippen molar-refractivity contribution in [1.29, 1.82) is 0 Å². The van der Waals surface area contributed by atoms with E-state index in [4.69, 9.17) is 11.6 Å². The molecule has 0 aliphatic rings. The Bertz CT molecular complexity index is 437. The lowest BCUT2D eigenvalue weighted by Crippen LogP contribution is -1.83. The number of fused-ring (bicyclic) bond motifs is 1. The van der Waals surface area contributed by atoms with Gasteiger partial charge in [0.05, 0.1) is 5.52 Å². The number of benzene rings is 1. The number of aryl methyl sites for hydroxylation is 1. The Kier molecular flexibility index (Phi) is 2.19. The highest BCUT2D eigenvalue weighted by atomic mass is 35.5. The van der Waals surface area contributed by atoms with Crippen molar-refractivity contribution < 1.29 is 0 Å². The molecule has 0 aliphatic carbocycles. The molecule has 0 saturated heterocycles. The zero-order valence-electron chi connectivity index (χ0n) is 7.42. The van der Waals surface area contributed by atoms with E-state index in [9.17, 15) is 0 Å². The van der Waals surface area contributed by atoms with Crippen molar-refractivity contribution in [3.05, 3.63) is 41.0 Å². The summed E-state index contributed by atoms with van der Waals surface area (Å²) in [5.74, 6) is 0. The quantitative estimate of drug-likeness (QED) is 0.630. The Balaban J connectivity index is 2.66. The predicted octanol–water partition coefficient (Wildman–Crippen LogP) is 3.45. The van der Waals surface area contributed by atoms with E-state index in [1.165, 1.54) is 5.56 Å². The number of rotatable bonds is 1. The molecule has 2 rings (SSSR count). The topological polar surface area (TPSA) is 12.9 Å². The molecule has 0 atom stereocenters. The normalized spacial score (nSPS) is 10.6. The number of halogens is 1. The highest BCUT2D eigenvalue weighted by molar-refractivity contribution is 6.29. The molecule has 1 nitrogen and oxygen atoms in total. The first-order chi connectivity index (χ1) is 6.29. The van der Waals surface area contributed by atoms with Crippen LogP contribution in [0.5, 0.6) is 0 Å². The number of aromatic nitrogens is 1. The molecule has 0 fully saturated rings. The van der Waals surface area contributed by atoms with Crippen molar-refractivity contribution in [1.82, 2.24) is 4.98 Å². The zero-order valence-corrected chi connectivity index (χ0v) is 8.17. The van der Waals surface area contributed by atoms with E-state index in [0.717, 1.165) is 17.3 Å². The fourth-order valence-corrected chi connectivity index (χ4v) is 1.52. The van der Waals surface area contributed by atoms with Gasteiger partial charge >= 0.3 is 0 Å². The van der Waals surface area contributed by atoms with E-state index in [2.05, 4.69) is 24.0 Å². The van der Waals surface area contributed by atoms with Crippen molar-refractivity contribution in [2.75, 3.05) is 0 Å². The van der Waals surface area contributed by atoms with Crippen LogP contribution in [0.3, 0.4) is 0 Å². The second kappa shape index (κ2) is 3.35. The van der Waals surface area contributed by atoms with Crippen LogP contribution in [0.4, 0.5) is 0 Å². The molecule has 1 aromatic carbocycles. The van der Waals surface area contributed by atoms with Crippen LogP contribution in [0.25, 0.3) is 10.9 Å². The summed E-state index contributed by atoms with van der Waals surface area (Å²) in [6, 6.07) is 10.1. The van der Waals surface area contributed by atoms with E-state index in [1.807, 2.05) is 18.2 Å². The summed E-state index contributed by atoms with van der Waals surface area (Å²) < 4.78 is 0. The Morgan fingerprint density at radius 2 is 2.08 bits per heavy atom. The molecule has 0 N–H and O–H groups in total. The summed E-state index contributed by atoms with van der Waals surface area (Å²) >= 11 is 5.78. The lowest BCUT2D eigenvalue weighted by Gasteiger charge is -2.00. The number of pyridine rings is 1. The van der Waals surface area contributed by atoms with E-state index in [0.29, 0.717) is 5.15 Å². The number of hydrogen-bond donors (Lipinski definition) is 0. The smallest absolute Gasteiger partial charge is 0.129 e. The van der Waals surface area contributed by atoms with E-state index in [-0.39, 0.29) is 0 Å². The summed E-state index contributed by atoms with van der Waals surface area (Å²) in [5.41, 5.74) is 2.29. The summed E-state index contributed by atoms with van der Waals surface area (Å²) in [6.07, 6.45) is 1.05. The first kappa shape index (κ1) is 8.52. The molecule has 0 amide bonds. The first-order valence-electron chi connectivity index (χ1n) is 4.35. The molecule has 0 radical (unpaired) electrons. The van der Waals surface area contributed by atoms with Crippen molar-refractivity contribution in [3.63, 3.8) is 0 Å². The molecule has 0 aliphatic heterocycles. The lowest BCUT2D eigenvalue weighted by atomic mass is 10.1. The Labute approximate surface area is 82.4 Å². The van der Waals surface area contributed by atoms with Crippen LogP contribution >= 0.6 is 11.6 Å². The third-order valence-corrected chi connectivity index (χ3v) is 2.34. The predicted molar refractivity (Wildman–Crippen MR) is 56.1 cm³/mol. The highest BCUT2D eigenvalue weighted by Crippen LogP contribution is 2.17. The van der Waals surface area contributed by atoms with Gasteiger partial charge in [0.2, 0.25) is 0 Å². The molecule has 66 valence electrons. The second-order valence-electron chi connectivity index (χ2n) is 3.01. The van der Waals surface area contributed by atoms with Crippen LogP contribution in [0, 0.1) is 0 Å². The van der Waals surface area contributed by atoms with Crippen molar-refractivity contribution in [2.45, 2.75) is 13.3 Å². The van der Waals surface area contributed by atoms with Gasteiger partial charge in [-0.3, -0.25) is 0 Å². The third kappa shape index (κ3) is 1.65. The maximum absolute atomic E-state index is 5.78. The van der Waals surface area contributed by atoms with Gasteiger partial charge in [0.15, 0.2) is 0 Å². The van der Waals surface area contributed by atoms with E-state index >= 15 is 0 Å². The Hall–Kier alpha value is -1.08. The molecule has 0 unspecified atom stereocenters. The molecule has 1 heterocycles. The van der Waals surface area contributed by atoms with Gasteiger partial charge in [0, 0.05) is 5.39 Å².